The highest BCUT2D eigenvalue weighted by Crippen LogP contribution is 2.40. The third-order valence-electron chi connectivity index (χ3n) is 23.4. The molecule has 0 unspecified atom stereocenters. The zero-order valence-electron chi connectivity index (χ0n) is 73.9. The maximum Gasteiger partial charge on any atom is 0.267 e. The Balaban J connectivity index is 0.000000158. The van der Waals surface area contributed by atoms with Crippen molar-refractivity contribution in [1.29, 1.82) is 0 Å². The van der Waals surface area contributed by atoms with Gasteiger partial charge in [0.2, 0.25) is 0 Å². The SMILES string of the molecule is Cc1ccccc1-n1c(C)c(-c2ccccc2)[n+](C)c1C(C)(C)C.Cc1ccccc1-n1c(C)c(C)[n+](C)c1C(C)(C)C.Cc1ccccc1-n1c(C)c(C)[n+](C)c1C(C)(C)C.Cc1ccccc1-n1c(C)c(C2CCCC2)[n+](C)c1C(C)(C)C.Cc1ccccc1-n1c(C)c(C2CCCCC2)[n+](C)c1C(C)(C)C. The second kappa shape index (κ2) is 33.5. The number of hydrogen-bond acceptors (Lipinski definition) is 0. The predicted octanol–water partition coefficient (Wildman–Crippen LogP) is 22.1. The van der Waals surface area contributed by atoms with Crippen molar-refractivity contribution < 1.29 is 22.8 Å². The maximum atomic E-state index is 2.53. The van der Waals surface area contributed by atoms with E-state index in [9.17, 15) is 0 Å². The lowest BCUT2D eigenvalue weighted by Crippen LogP contribution is -2.43. The number of para-hydroxylation sites is 5. The number of aryl methyl sites for hydroxylation is 5. The first-order valence-electron chi connectivity index (χ1n) is 40.8. The van der Waals surface area contributed by atoms with E-state index >= 15 is 0 Å². The Kier molecular flexibility index (Phi) is 26.0. The summed E-state index contributed by atoms with van der Waals surface area (Å²) in [6.45, 7) is 61.1. The van der Waals surface area contributed by atoms with Crippen LogP contribution in [0.15, 0.2) is 152 Å². The monoisotopic (exact) mass is 1470 g/mol. The van der Waals surface area contributed by atoms with Gasteiger partial charge in [-0.25, -0.2) is 22.8 Å². The van der Waals surface area contributed by atoms with Gasteiger partial charge in [0.1, 0.15) is 74.0 Å². The Bertz CT molecular complexity index is 4860. The van der Waals surface area contributed by atoms with Crippen molar-refractivity contribution in [1.82, 2.24) is 22.8 Å². The number of aromatic nitrogens is 10. The molecular weight excluding hydrogens is 1330 g/mol. The molecule has 5 heterocycles. The summed E-state index contributed by atoms with van der Waals surface area (Å²) in [7, 11) is 11.1. The van der Waals surface area contributed by atoms with Crippen LogP contribution < -0.4 is 22.8 Å². The molecule has 5 aromatic heterocycles. The van der Waals surface area contributed by atoms with Crippen molar-refractivity contribution >= 4 is 0 Å². The van der Waals surface area contributed by atoms with E-state index in [0.29, 0.717) is 0 Å². The van der Waals surface area contributed by atoms with Gasteiger partial charge >= 0.3 is 0 Å². The molecule has 0 radical (unpaired) electrons. The minimum atomic E-state index is 0.0365. The number of imidazole rings is 5. The van der Waals surface area contributed by atoms with E-state index in [0.717, 1.165) is 11.8 Å². The third kappa shape index (κ3) is 17.6. The van der Waals surface area contributed by atoms with Crippen LogP contribution in [0, 0.1) is 83.1 Å². The van der Waals surface area contributed by atoms with Crippen LogP contribution in [-0.4, -0.2) is 22.8 Å². The Morgan fingerprint density at radius 2 is 0.468 bits per heavy atom. The summed E-state index contributed by atoms with van der Waals surface area (Å²) in [6.07, 6.45) is 12.3. The van der Waals surface area contributed by atoms with Gasteiger partial charge in [0.05, 0.1) is 62.3 Å². The first-order valence-corrected chi connectivity index (χ1v) is 40.8. The molecule has 0 spiro atoms. The molecule has 2 aliphatic rings. The highest BCUT2D eigenvalue weighted by Gasteiger charge is 2.43. The van der Waals surface area contributed by atoms with Crippen molar-refractivity contribution in [3.63, 3.8) is 0 Å². The Hall–Kier alpha value is -8.63. The summed E-state index contributed by atoms with van der Waals surface area (Å²) in [5.41, 5.74) is 28.7. The average Bonchev–Trinajstić information content (AvgIpc) is 1.58. The fraction of sp³-hybridized carbons (Fsp3) is 0.485. The smallest absolute Gasteiger partial charge is 0.233 e. The van der Waals surface area contributed by atoms with Crippen LogP contribution in [0.1, 0.15) is 282 Å². The highest BCUT2D eigenvalue weighted by molar-refractivity contribution is 5.61. The quantitative estimate of drug-likeness (QED) is 0.136. The van der Waals surface area contributed by atoms with Gasteiger partial charge in [-0.15, -0.1) is 0 Å². The number of rotatable bonds is 8. The van der Waals surface area contributed by atoms with Crippen LogP contribution in [0.2, 0.25) is 0 Å². The maximum absolute atomic E-state index is 2.53. The second-order valence-electron chi connectivity index (χ2n) is 37.2. The molecule has 2 fully saturated rings. The molecule has 2 aliphatic carbocycles. The molecule has 11 aromatic rings. The lowest BCUT2D eigenvalue weighted by Gasteiger charge is -2.20. The molecule has 0 atom stereocenters. The summed E-state index contributed by atoms with van der Waals surface area (Å²) in [4.78, 5) is 0. The topological polar surface area (TPSA) is 44.0 Å². The van der Waals surface area contributed by atoms with Crippen molar-refractivity contribution in [2.75, 3.05) is 0 Å². The van der Waals surface area contributed by atoms with E-state index in [-0.39, 0.29) is 27.1 Å². The van der Waals surface area contributed by atoms with Gasteiger partial charge in [-0.2, -0.15) is 22.8 Å². The molecule has 582 valence electrons. The van der Waals surface area contributed by atoms with Gasteiger partial charge in [-0.1, -0.05) is 153 Å². The van der Waals surface area contributed by atoms with Gasteiger partial charge in [-0.3, -0.25) is 0 Å². The normalized spacial score (nSPS) is 13.8. The Labute approximate surface area is 660 Å². The van der Waals surface area contributed by atoms with Crippen LogP contribution in [0.5, 0.6) is 0 Å². The first-order chi connectivity index (χ1) is 51.0. The van der Waals surface area contributed by atoms with Crippen LogP contribution in [0.3, 0.4) is 0 Å². The molecule has 109 heavy (non-hydrogen) atoms. The van der Waals surface area contributed by atoms with Gasteiger partial charge < -0.3 is 0 Å². The van der Waals surface area contributed by atoms with E-state index in [1.165, 1.54) is 194 Å². The molecule has 0 bridgehead atoms. The fourth-order valence-electron chi connectivity index (χ4n) is 18.5. The molecule has 0 N–H and O–H groups in total. The van der Waals surface area contributed by atoms with Crippen LogP contribution >= 0.6 is 0 Å². The predicted molar refractivity (Wildman–Crippen MR) is 458 cm³/mol. The average molecular weight is 1470 g/mol. The molecule has 6 aromatic carbocycles. The Morgan fingerprint density at radius 1 is 0.248 bits per heavy atom. The summed E-state index contributed by atoms with van der Waals surface area (Å²) in [5, 5.41) is 0. The van der Waals surface area contributed by atoms with Crippen LogP contribution in [0.4, 0.5) is 0 Å². The lowest BCUT2D eigenvalue weighted by atomic mass is 9.86. The molecular formula is C99H141N10+5. The molecule has 10 heteroatoms. The lowest BCUT2D eigenvalue weighted by molar-refractivity contribution is -0.690. The molecule has 2 saturated carbocycles. The third-order valence-corrected chi connectivity index (χ3v) is 23.4. The molecule has 13 rings (SSSR count). The highest BCUT2D eigenvalue weighted by atomic mass is 15.2. The first kappa shape index (κ1) is 84.4. The van der Waals surface area contributed by atoms with E-state index in [4.69, 9.17) is 0 Å². The van der Waals surface area contributed by atoms with Gasteiger partial charge in [0.15, 0.2) is 11.4 Å². The molecule has 0 saturated heterocycles. The van der Waals surface area contributed by atoms with E-state index in [1.54, 1.807) is 11.4 Å². The number of hydrogen-bond donors (Lipinski definition) is 0. The zero-order chi connectivity index (χ0) is 80.5. The second-order valence-corrected chi connectivity index (χ2v) is 37.2. The van der Waals surface area contributed by atoms with Gasteiger partial charge in [0, 0.05) is 65.9 Å². The number of benzene rings is 6. The standard InChI is InChI=1S/C22H33N2.C22H27N2.C21H31N2.2C17H25N2/c2*1-16-12-10-11-15-19(16)24-17(2)20(18-13-8-7-9-14-18)23(6)21(24)22(3,4)5;1-15-11-7-10-14-18(15)23-16(2)19(17-12-8-9-13-17)22(6)20(23)21(3,4)5;2*1-12-10-8-9-11-15(12)19-14(3)13(2)18(7)16(19)17(4,5)6/h10-12,15,18H,7-9,13-14H2,1-6H3;7-15H,1-6H3;7,10-11,14,17H,8-9,12-13H2,1-6H3;2*8-11H,1-7H3/q5*+1. The van der Waals surface area contributed by atoms with Crippen molar-refractivity contribution in [2.24, 2.45) is 35.2 Å². The number of nitrogens with zero attached hydrogens (tertiary/aromatic N) is 10. The van der Waals surface area contributed by atoms with Crippen LogP contribution in [0.25, 0.3) is 39.7 Å². The molecule has 0 amide bonds. The zero-order valence-corrected chi connectivity index (χ0v) is 73.9. The fourth-order valence-corrected chi connectivity index (χ4v) is 18.5. The van der Waals surface area contributed by atoms with E-state index in [2.05, 4.69) is 420 Å². The van der Waals surface area contributed by atoms with E-state index < -0.39 is 0 Å². The van der Waals surface area contributed by atoms with Crippen molar-refractivity contribution in [3.8, 4) is 39.7 Å². The van der Waals surface area contributed by atoms with Gasteiger partial charge in [0.25, 0.3) is 29.1 Å². The summed E-state index contributed by atoms with van der Waals surface area (Å²) in [6, 6.07) is 54.0. The Morgan fingerprint density at radius 3 is 0.734 bits per heavy atom. The molecule has 0 aliphatic heterocycles. The minimum absolute atomic E-state index is 0.0365. The van der Waals surface area contributed by atoms with Crippen molar-refractivity contribution in [3.05, 3.63) is 260 Å². The summed E-state index contributed by atoms with van der Waals surface area (Å²) >= 11 is 0. The molecule has 10 nitrogen and oxygen atoms in total. The van der Waals surface area contributed by atoms with Gasteiger partial charge in [-0.05, 0) is 222 Å². The summed E-state index contributed by atoms with van der Waals surface area (Å²) < 4.78 is 24.3. The van der Waals surface area contributed by atoms with E-state index in [1.807, 2.05) is 0 Å². The minimum Gasteiger partial charge on any atom is -0.233 e. The summed E-state index contributed by atoms with van der Waals surface area (Å²) in [5.74, 6) is 8.27. The van der Waals surface area contributed by atoms with Crippen LogP contribution in [-0.2, 0) is 62.3 Å². The van der Waals surface area contributed by atoms with Crippen molar-refractivity contribution in [2.45, 2.75) is 284 Å². The largest absolute Gasteiger partial charge is 0.267 e.